The lowest BCUT2D eigenvalue weighted by Gasteiger charge is -2.25. The molecule has 1 aliphatic rings. The van der Waals surface area contributed by atoms with E-state index in [-0.39, 0.29) is 23.8 Å². The summed E-state index contributed by atoms with van der Waals surface area (Å²) >= 11 is 1.43. The highest BCUT2D eigenvalue weighted by atomic mass is 32.2. The fourth-order valence-corrected chi connectivity index (χ4v) is 3.74. The molecule has 1 aromatic rings. The summed E-state index contributed by atoms with van der Waals surface area (Å²) in [6.45, 7) is 5.53. The summed E-state index contributed by atoms with van der Waals surface area (Å²) < 4.78 is 10.4. The third-order valence-corrected chi connectivity index (χ3v) is 4.76. The fourth-order valence-electron chi connectivity index (χ4n) is 2.33. The summed E-state index contributed by atoms with van der Waals surface area (Å²) in [6.07, 6.45) is 1.53. The van der Waals surface area contributed by atoms with E-state index in [4.69, 9.17) is 9.15 Å². The summed E-state index contributed by atoms with van der Waals surface area (Å²) in [6, 6.07) is 2.78. The number of rotatable bonds is 6. The van der Waals surface area contributed by atoms with Crippen molar-refractivity contribution in [3.63, 3.8) is 0 Å². The lowest BCUT2D eigenvalue weighted by atomic mass is 10.2. The SMILES string of the molecule is CC(=O)N1[C@@H](c2ccco2)SC[C@H]1C(=O)OCC(=O)NCC(C)C. The van der Waals surface area contributed by atoms with Gasteiger partial charge in [0.15, 0.2) is 6.61 Å². The van der Waals surface area contributed by atoms with E-state index in [9.17, 15) is 14.4 Å². The fraction of sp³-hybridized carbons (Fsp3) is 0.562. The van der Waals surface area contributed by atoms with Crippen molar-refractivity contribution in [3.05, 3.63) is 24.2 Å². The highest BCUT2D eigenvalue weighted by Crippen LogP contribution is 2.41. The third kappa shape index (κ3) is 4.53. The molecule has 1 fully saturated rings. The van der Waals surface area contributed by atoms with Gasteiger partial charge in [0.2, 0.25) is 5.91 Å². The minimum absolute atomic E-state index is 0.243. The topological polar surface area (TPSA) is 88.8 Å². The van der Waals surface area contributed by atoms with Crippen molar-refractivity contribution in [1.29, 1.82) is 0 Å². The van der Waals surface area contributed by atoms with Gasteiger partial charge in [-0.15, -0.1) is 11.8 Å². The summed E-state index contributed by atoms with van der Waals surface area (Å²) in [5, 5.41) is 2.32. The van der Waals surface area contributed by atoms with E-state index in [0.717, 1.165) is 0 Å². The zero-order valence-corrected chi connectivity index (χ0v) is 14.8. The molecule has 0 unspecified atom stereocenters. The number of nitrogens with zero attached hydrogens (tertiary/aromatic N) is 1. The monoisotopic (exact) mass is 354 g/mol. The smallest absolute Gasteiger partial charge is 0.330 e. The summed E-state index contributed by atoms with van der Waals surface area (Å²) in [5.41, 5.74) is 0. The Kier molecular flexibility index (Phi) is 6.30. The molecule has 2 amide bonds. The van der Waals surface area contributed by atoms with Crippen LogP contribution in [0.1, 0.15) is 31.9 Å². The first kappa shape index (κ1) is 18.4. The van der Waals surface area contributed by atoms with Crippen LogP contribution in [-0.4, -0.2) is 47.6 Å². The van der Waals surface area contributed by atoms with Crippen molar-refractivity contribution in [1.82, 2.24) is 10.2 Å². The molecular weight excluding hydrogens is 332 g/mol. The molecule has 2 atom stereocenters. The molecule has 132 valence electrons. The molecule has 0 aromatic carbocycles. The first-order valence-corrected chi connectivity index (χ1v) is 8.82. The Morgan fingerprint density at radius 2 is 2.21 bits per heavy atom. The van der Waals surface area contributed by atoms with Gasteiger partial charge in [0.1, 0.15) is 17.2 Å². The molecule has 1 N–H and O–H groups in total. The second-order valence-corrected chi connectivity index (χ2v) is 7.06. The highest BCUT2D eigenvalue weighted by molar-refractivity contribution is 7.99. The Bertz CT molecular complexity index is 587. The number of thioether (sulfide) groups is 1. The van der Waals surface area contributed by atoms with Gasteiger partial charge in [0, 0.05) is 19.2 Å². The second kappa shape index (κ2) is 8.23. The van der Waals surface area contributed by atoms with Gasteiger partial charge in [-0.05, 0) is 18.1 Å². The van der Waals surface area contributed by atoms with Gasteiger partial charge in [0.05, 0.1) is 6.26 Å². The van der Waals surface area contributed by atoms with Gasteiger partial charge in [-0.3, -0.25) is 9.59 Å². The van der Waals surface area contributed by atoms with Crippen LogP contribution in [-0.2, 0) is 19.1 Å². The van der Waals surface area contributed by atoms with Crippen LogP contribution in [0.2, 0.25) is 0 Å². The number of hydrogen-bond donors (Lipinski definition) is 1. The minimum Gasteiger partial charge on any atom is -0.466 e. The maximum Gasteiger partial charge on any atom is 0.330 e. The normalized spacial score (nSPS) is 20.2. The van der Waals surface area contributed by atoms with E-state index in [0.29, 0.717) is 24.0 Å². The first-order valence-electron chi connectivity index (χ1n) is 7.77. The Labute approximate surface area is 145 Å². The lowest BCUT2D eigenvalue weighted by Crippen LogP contribution is -2.43. The number of esters is 1. The van der Waals surface area contributed by atoms with Crippen LogP contribution >= 0.6 is 11.8 Å². The van der Waals surface area contributed by atoms with Crippen molar-refractivity contribution in [2.75, 3.05) is 18.9 Å². The molecule has 2 heterocycles. The van der Waals surface area contributed by atoms with Gasteiger partial charge in [-0.25, -0.2) is 4.79 Å². The molecule has 0 saturated carbocycles. The molecule has 1 aromatic heterocycles. The van der Waals surface area contributed by atoms with E-state index in [2.05, 4.69) is 5.32 Å². The maximum absolute atomic E-state index is 12.3. The first-order chi connectivity index (χ1) is 11.4. The van der Waals surface area contributed by atoms with E-state index >= 15 is 0 Å². The molecule has 1 saturated heterocycles. The van der Waals surface area contributed by atoms with Crippen LogP contribution < -0.4 is 5.32 Å². The quantitative estimate of drug-likeness (QED) is 0.780. The number of carbonyl (C=O) groups excluding carboxylic acids is 3. The molecule has 0 aliphatic carbocycles. The van der Waals surface area contributed by atoms with E-state index in [1.165, 1.54) is 29.8 Å². The number of hydrogen-bond acceptors (Lipinski definition) is 6. The molecule has 0 spiro atoms. The standard InChI is InChI=1S/C16H22N2O5S/c1-10(2)7-17-14(20)8-23-16(21)12-9-24-15(18(12)11(3)19)13-5-4-6-22-13/h4-6,10,12,15H,7-9H2,1-3H3,(H,17,20)/t12-,15+/m0/s1. The molecule has 7 nitrogen and oxygen atoms in total. The van der Waals surface area contributed by atoms with Crippen molar-refractivity contribution in [2.24, 2.45) is 5.92 Å². The predicted octanol–water partition coefficient (Wildman–Crippen LogP) is 1.56. The highest BCUT2D eigenvalue weighted by Gasteiger charge is 2.43. The zero-order valence-electron chi connectivity index (χ0n) is 14.0. The molecular formula is C16H22N2O5S. The molecule has 0 bridgehead atoms. The van der Waals surface area contributed by atoms with Gasteiger partial charge >= 0.3 is 5.97 Å². The average molecular weight is 354 g/mol. The molecule has 0 radical (unpaired) electrons. The summed E-state index contributed by atoms with van der Waals surface area (Å²) in [5.74, 6) is 0.161. The lowest BCUT2D eigenvalue weighted by molar-refractivity contribution is -0.156. The molecule has 8 heteroatoms. The maximum atomic E-state index is 12.3. The van der Waals surface area contributed by atoms with Crippen LogP contribution in [0.25, 0.3) is 0 Å². The van der Waals surface area contributed by atoms with Crippen LogP contribution in [0.15, 0.2) is 22.8 Å². The summed E-state index contributed by atoms with van der Waals surface area (Å²) in [7, 11) is 0. The predicted molar refractivity (Wildman–Crippen MR) is 89.0 cm³/mol. The molecule has 1 aliphatic heterocycles. The van der Waals surface area contributed by atoms with Crippen molar-refractivity contribution < 1.29 is 23.5 Å². The van der Waals surface area contributed by atoms with Gasteiger partial charge < -0.3 is 19.4 Å². The zero-order chi connectivity index (χ0) is 17.7. The Morgan fingerprint density at radius 3 is 2.79 bits per heavy atom. The summed E-state index contributed by atoms with van der Waals surface area (Å²) in [4.78, 5) is 37.3. The van der Waals surface area contributed by atoms with Crippen molar-refractivity contribution in [2.45, 2.75) is 32.2 Å². The Hall–Kier alpha value is -1.96. The van der Waals surface area contributed by atoms with E-state index in [1.807, 2.05) is 13.8 Å². The van der Waals surface area contributed by atoms with Crippen LogP contribution in [0.5, 0.6) is 0 Å². The Morgan fingerprint density at radius 1 is 1.46 bits per heavy atom. The third-order valence-electron chi connectivity index (χ3n) is 3.48. The van der Waals surface area contributed by atoms with E-state index in [1.54, 1.807) is 12.1 Å². The van der Waals surface area contributed by atoms with Gasteiger partial charge in [0.25, 0.3) is 5.91 Å². The van der Waals surface area contributed by atoms with Crippen LogP contribution in [0.3, 0.4) is 0 Å². The Balaban J connectivity index is 1.94. The van der Waals surface area contributed by atoms with Crippen LogP contribution in [0.4, 0.5) is 0 Å². The number of nitrogens with one attached hydrogen (secondary N) is 1. The number of furan rings is 1. The van der Waals surface area contributed by atoms with Gasteiger partial charge in [-0.2, -0.15) is 0 Å². The number of ether oxygens (including phenoxy) is 1. The minimum atomic E-state index is -0.722. The second-order valence-electron chi connectivity index (χ2n) is 5.95. The van der Waals surface area contributed by atoms with Crippen molar-refractivity contribution >= 4 is 29.5 Å². The van der Waals surface area contributed by atoms with Crippen LogP contribution in [0, 0.1) is 5.92 Å². The largest absolute Gasteiger partial charge is 0.466 e. The molecule has 24 heavy (non-hydrogen) atoms. The molecule has 2 rings (SSSR count). The van der Waals surface area contributed by atoms with Gasteiger partial charge in [-0.1, -0.05) is 13.8 Å². The number of carbonyl (C=O) groups is 3. The average Bonchev–Trinajstić information content (AvgIpc) is 3.18. The van der Waals surface area contributed by atoms with Crippen molar-refractivity contribution in [3.8, 4) is 0 Å². The number of amides is 2. The van der Waals surface area contributed by atoms with E-state index < -0.39 is 12.0 Å².